The van der Waals surface area contributed by atoms with E-state index in [1.54, 1.807) is 31.1 Å². The summed E-state index contributed by atoms with van der Waals surface area (Å²) in [6.45, 7) is 5.05. The Kier molecular flexibility index (Phi) is 4.56. The van der Waals surface area contributed by atoms with Crippen molar-refractivity contribution in [2.24, 2.45) is 0 Å². The number of amides is 1. The van der Waals surface area contributed by atoms with Crippen molar-refractivity contribution in [1.82, 2.24) is 29.9 Å². The number of anilines is 1. The number of fused-ring (bicyclic) bond motifs is 1. The molecular weight excluding hydrogens is 419 g/mol. The highest BCUT2D eigenvalue weighted by Gasteiger charge is 2.36. The number of ether oxygens (including phenoxy) is 1. The highest BCUT2D eigenvalue weighted by Crippen LogP contribution is 2.34. The molecule has 0 spiro atoms. The number of carbonyl (C=O) groups is 2. The van der Waals surface area contributed by atoms with Crippen LogP contribution in [0, 0.1) is 6.92 Å². The minimum atomic E-state index is -4.71. The first kappa shape index (κ1) is 20.5. The Balaban J connectivity index is 1.55. The summed E-state index contributed by atoms with van der Waals surface area (Å²) in [5.74, 6) is -2.33. The number of carbonyl (C=O) groups excluding carboxylic acids is 2. The van der Waals surface area contributed by atoms with Crippen molar-refractivity contribution >= 4 is 17.4 Å². The Morgan fingerprint density at radius 2 is 2.03 bits per heavy atom. The second-order valence-electron chi connectivity index (χ2n) is 7.50. The van der Waals surface area contributed by atoms with Gasteiger partial charge in [0.15, 0.2) is 5.78 Å². The number of alkyl halides is 3. The van der Waals surface area contributed by atoms with Crippen LogP contribution in [-0.2, 0) is 6.18 Å². The number of H-pyrrole nitrogens is 1. The Bertz CT molecular complexity index is 1200. The molecule has 1 aromatic carbocycles. The summed E-state index contributed by atoms with van der Waals surface area (Å²) in [4.78, 5) is 32.2. The monoisotopic (exact) mass is 435 g/mol. The number of halogens is 3. The van der Waals surface area contributed by atoms with Gasteiger partial charge in [-0.15, -0.1) is 10.2 Å². The number of nitrogens with one attached hydrogen (secondary N) is 2. The molecule has 13 heteroatoms. The first-order valence-electron chi connectivity index (χ1n) is 9.04. The number of Topliss-reactive ketones (excluding diaryl/α,β-unsaturated/α-hetero) is 1. The molecular formula is C18H16F3N7O3. The van der Waals surface area contributed by atoms with Crippen molar-refractivity contribution in [3.63, 3.8) is 0 Å². The van der Waals surface area contributed by atoms with Gasteiger partial charge in [-0.1, -0.05) is 0 Å². The number of benzene rings is 1. The summed E-state index contributed by atoms with van der Waals surface area (Å²) in [6.07, 6.45) is -4.51. The number of rotatable bonds is 3. The van der Waals surface area contributed by atoms with Crippen LogP contribution < -0.4 is 10.1 Å². The zero-order valence-corrected chi connectivity index (χ0v) is 16.5. The summed E-state index contributed by atoms with van der Waals surface area (Å²) in [5, 5.41) is 11.7. The molecule has 3 aromatic rings. The molecule has 0 fully saturated rings. The second kappa shape index (κ2) is 6.89. The van der Waals surface area contributed by atoms with Crippen LogP contribution in [0.5, 0.6) is 5.75 Å². The summed E-state index contributed by atoms with van der Waals surface area (Å²) < 4.78 is 44.8. The molecule has 0 saturated heterocycles. The lowest BCUT2D eigenvalue weighted by atomic mass is 9.93. The quantitative estimate of drug-likeness (QED) is 0.647. The summed E-state index contributed by atoms with van der Waals surface area (Å²) in [7, 11) is 0. The van der Waals surface area contributed by atoms with Crippen LogP contribution in [0.15, 0.2) is 18.2 Å². The number of nitrogens with zero attached hydrogens (tertiary/aromatic N) is 5. The predicted molar refractivity (Wildman–Crippen MR) is 99.1 cm³/mol. The predicted octanol–water partition coefficient (Wildman–Crippen LogP) is 2.71. The highest BCUT2D eigenvalue weighted by atomic mass is 19.4. The Morgan fingerprint density at radius 1 is 1.29 bits per heavy atom. The lowest BCUT2D eigenvalue weighted by Crippen LogP contribution is -2.35. The Morgan fingerprint density at radius 3 is 2.71 bits per heavy atom. The van der Waals surface area contributed by atoms with E-state index in [4.69, 9.17) is 4.74 Å². The third-order valence-corrected chi connectivity index (χ3v) is 4.41. The SMILES string of the molecule is Cc1nc(C(=O)Nc2ccc3c(c2)C(=O)CC(C)(C)O3)nn1-c1n[nH]c(C(F)(F)F)n1. The van der Waals surface area contributed by atoms with Gasteiger partial charge >= 0.3 is 6.18 Å². The maximum Gasteiger partial charge on any atom is 0.451 e. The van der Waals surface area contributed by atoms with Gasteiger partial charge in [-0.2, -0.15) is 22.8 Å². The van der Waals surface area contributed by atoms with Crippen LogP contribution in [0.2, 0.25) is 0 Å². The molecule has 0 unspecified atom stereocenters. The number of hydrogen-bond acceptors (Lipinski definition) is 7. The topological polar surface area (TPSA) is 128 Å². The van der Waals surface area contributed by atoms with Gasteiger partial charge in [-0.3, -0.25) is 14.7 Å². The molecule has 2 N–H and O–H groups in total. The van der Waals surface area contributed by atoms with Crippen LogP contribution in [-0.4, -0.2) is 47.2 Å². The van der Waals surface area contributed by atoms with E-state index in [-0.39, 0.29) is 23.9 Å². The molecule has 1 aliphatic heterocycles. The molecule has 0 radical (unpaired) electrons. The molecule has 0 aliphatic carbocycles. The molecule has 1 aliphatic rings. The minimum absolute atomic E-state index is 0.106. The number of aryl methyl sites for hydroxylation is 1. The molecule has 31 heavy (non-hydrogen) atoms. The smallest absolute Gasteiger partial charge is 0.451 e. The summed E-state index contributed by atoms with van der Waals surface area (Å²) >= 11 is 0. The first-order chi connectivity index (χ1) is 14.4. The number of aromatic nitrogens is 6. The van der Waals surface area contributed by atoms with Crippen molar-refractivity contribution in [3.05, 3.63) is 41.2 Å². The van der Waals surface area contributed by atoms with E-state index in [0.29, 0.717) is 17.0 Å². The second-order valence-corrected chi connectivity index (χ2v) is 7.50. The van der Waals surface area contributed by atoms with Gasteiger partial charge in [-0.25, -0.2) is 4.98 Å². The third kappa shape index (κ3) is 3.98. The maximum absolute atomic E-state index is 12.7. The summed E-state index contributed by atoms with van der Waals surface area (Å²) in [6, 6.07) is 4.62. The van der Waals surface area contributed by atoms with Gasteiger partial charge in [0.2, 0.25) is 11.6 Å². The zero-order chi connectivity index (χ0) is 22.6. The molecule has 10 nitrogen and oxygen atoms in total. The fraction of sp³-hybridized carbons (Fsp3) is 0.333. The molecule has 0 atom stereocenters. The zero-order valence-electron chi connectivity index (χ0n) is 16.5. The molecule has 1 amide bonds. The van der Waals surface area contributed by atoms with E-state index in [1.807, 2.05) is 0 Å². The minimum Gasteiger partial charge on any atom is -0.487 e. The maximum atomic E-state index is 12.7. The van der Waals surface area contributed by atoms with Crippen LogP contribution >= 0.6 is 0 Å². The standard InChI is InChI=1S/C18H16F3N7O3/c1-8-22-13(27-28(8)16-24-15(25-26-16)18(19,20)21)14(30)23-9-4-5-12-10(6-9)11(29)7-17(2,3)31-12/h4-6H,7H2,1-3H3,(H,23,30)(H,24,25,26). The lowest BCUT2D eigenvalue weighted by molar-refractivity contribution is -0.144. The fourth-order valence-electron chi connectivity index (χ4n) is 3.07. The molecule has 3 heterocycles. The molecule has 162 valence electrons. The van der Waals surface area contributed by atoms with Crippen LogP contribution in [0.1, 0.15) is 52.9 Å². The number of ketones is 1. The highest BCUT2D eigenvalue weighted by molar-refractivity contribution is 6.04. The largest absolute Gasteiger partial charge is 0.487 e. The molecule has 4 rings (SSSR count). The van der Waals surface area contributed by atoms with Crippen molar-refractivity contribution in [1.29, 1.82) is 0 Å². The van der Waals surface area contributed by atoms with E-state index in [0.717, 1.165) is 4.68 Å². The van der Waals surface area contributed by atoms with E-state index in [2.05, 4.69) is 25.5 Å². The average molecular weight is 435 g/mol. The van der Waals surface area contributed by atoms with Crippen molar-refractivity contribution < 1.29 is 27.5 Å². The van der Waals surface area contributed by atoms with E-state index >= 15 is 0 Å². The van der Waals surface area contributed by atoms with Gasteiger partial charge < -0.3 is 10.1 Å². The average Bonchev–Trinajstić information content (AvgIpc) is 3.28. The molecule has 2 aromatic heterocycles. The van der Waals surface area contributed by atoms with E-state index in [9.17, 15) is 22.8 Å². The van der Waals surface area contributed by atoms with E-state index < -0.39 is 29.5 Å². The number of hydrogen-bond donors (Lipinski definition) is 2. The molecule has 0 bridgehead atoms. The van der Waals surface area contributed by atoms with Gasteiger partial charge in [0, 0.05) is 5.69 Å². The van der Waals surface area contributed by atoms with Gasteiger partial charge in [0.05, 0.1) is 12.0 Å². The Hall–Kier alpha value is -3.77. The third-order valence-electron chi connectivity index (χ3n) is 4.41. The Labute approximate surface area is 172 Å². The summed E-state index contributed by atoms with van der Waals surface area (Å²) in [5.41, 5.74) is 0.0361. The lowest BCUT2D eigenvalue weighted by Gasteiger charge is -2.31. The van der Waals surface area contributed by atoms with Gasteiger partial charge in [0.1, 0.15) is 17.2 Å². The van der Waals surface area contributed by atoms with Crippen LogP contribution in [0.3, 0.4) is 0 Å². The van der Waals surface area contributed by atoms with Gasteiger partial charge in [-0.05, 0) is 39.0 Å². The van der Waals surface area contributed by atoms with Crippen molar-refractivity contribution in [2.75, 3.05) is 5.32 Å². The van der Waals surface area contributed by atoms with Crippen LogP contribution in [0.4, 0.5) is 18.9 Å². The van der Waals surface area contributed by atoms with Crippen LogP contribution in [0.25, 0.3) is 5.95 Å². The number of aromatic amines is 1. The fourth-order valence-corrected chi connectivity index (χ4v) is 3.07. The molecule has 0 saturated carbocycles. The van der Waals surface area contributed by atoms with E-state index in [1.165, 1.54) is 13.0 Å². The first-order valence-corrected chi connectivity index (χ1v) is 9.04. The van der Waals surface area contributed by atoms with Crippen molar-refractivity contribution in [3.8, 4) is 11.7 Å². The normalized spacial score (nSPS) is 15.4. The van der Waals surface area contributed by atoms with Gasteiger partial charge in [0.25, 0.3) is 11.9 Å². The van der Waals surface area contributed by atoms with Crippen molar-refractivity contribution in [2.45, 2.75) is 39.0 Å².